The van der Waals surface area contributed by atoms with Gasteiger partial charge in [-0.2, -0.15) is 0 Å². The molecule has 0 atom stereocenters. The summed E-state index contributed by atoms with van der Waals surface area (Å²) >= 11 is 3.45. The average molecular weight is 351 g/mol. The summed E-state index contributed by atoms with van der Waals surface area (Å²) in [4.78, 5) is 17.3. The average Bonchev–Trinajstić information content (AvgIpc) is 2.56. The van der Waals surface area contributed by atoms with Crippen molar-refractivity contribution in [1.82, 2.24) is 9.55 Å². The molecule has 0 radical (unpaired) electrons. The number of halogens is 1. The number of nitrogens with zero attached hydrogens (tertiary/aromatic N) is 2. The Bertz CT molecular complexity index is 1060. The molecular formula is C18H11BrN2O. The number of pyridine rings is 2. The first kappa shape index (κ1) is 13.2. The van der Waals surface area contributed by atoms with Crippen molar-refractivity contribution in [2.24, 2.45) is 0 Å². The highest BCUT2D eigenvalue weighted by Gasteiger charge is 2.12. The van der Waals surface area contributed by atoms with Crippen LogP contribution < -0.4 is 5.56 Å². The van der Waals surface area contributed by atoms with E-state index < -0.39 is 0 Å². The first-order valence-corrected chi connectivity index (χ1v) is 7.69. The van der Waals surface area contributed by atoms with Crippen molar-refractivity contribution in [3.05, 3.63) is 81.7 Å². The molecule has 0 bridgehead atoms. The Morgan fingerprint density at radius 3 is 2.50 bits per heavy atom. The van der Waals surface area contributed by atoms with Gasteiger partial charge in [-0.1, -0.05) is 46.3 Å². The predicted octanol–water partition coefficient (Wildman–Crippen LogP) is 4.30. The van der Waals surface area contributed by atoms with Gasteiger partial charge in [0, 0.05) is 21.4 Å². The molecule has 4 heteroatoms. The number of hydrogen-bond acceptors (Lipinski definition) is 2. The molecule has 106 valence electrons. The van der Waals surface area contributed by atoms with Gasteiger partial charge >= 0.3 is 0 Å². The van der Waals surface area contributed by atoms with Crippen LogP contribution in [0.1, 0.15) is 0 Å². The molecule has 22 heavy (non-hydrogen) atoms. The summed E-state index contributed by atoms with van der Waals surface area (Å²) in [6, 6.07) is 19.3. The van der Waals surface area contributed by atoms with Crippen molar-refractivity contribution in [2.75, 3.05) is 0 Å². The highest BCUT2D eigenvalue weighted by Crippen LogP contribution is 2.26. The van der Waals surface area contributed by atoms with Gasteiger partial charge in [0.2, 0.25) is 0 Å². The van der Waals surface area contributed by atoms with E-state index in [-0.39, 0.29) is 5.56 Å². The Labute approximate surface area is 135 Å². The molecule has 0 spiro atoms. The van der Waals surface area contributed by atoms with Gasteiger partial charge in [-0.25, -0.2) is 4.98 Å². The minimum Gasteiger partial charge on any atom is -0.268 e. The molecule has 2 aromatic carbocycles. The first-order chi connectivity index (χ1) is 10.8. The molecule has 2 heterocycles. The van der Waals surface area contributed by atoms with Crippen molar-refractivity contribution in [3.8, 4) is 5.82 Å². The summed E-state index contributed by atoms with van der Waals surface area (Å²) in [5.41, 5.74) is 0.801. The Morgan fingerprint density at radius 1 is 0.864 bits per heavy atom. The summed E-state index contributed by atoms with van der Waals surface area (Å²) in [6.07, 6.45) is 1.70. The zero-order valence-corrected chi connectivity index (χ0v) is 13.1. The van der Waals surface area contributed by atoms with Gasteiger partial charge in [-0.05, 0) is 35.7 Å². The second-order valence-electron chi connectivity index (χ2n) is 5.04. The SMILES string of the molecule is O=c1c2cc(Br)ccc2c2ccccc2n1-c1ccccn1. The number of rotatable bonds is 1. The Kier molecular flexibility index (Phi) is 3.05. The molecule has 0 amide bonds. The molecule has 3 nitrogen and oxygen atoms in total. The molecule has 0 N–H and O–H groups in total. The van der Waals surface area contributed by atoms with Crippen LogP contribution in [0.3, 0.4) is 0 Å². The number of benzene rings is 2. The maximum atomic E-state index is 13.0. The van der Waals surface area contributed by atoms with Crippen molar-refractivity contribution < 1.29 is 0 Å². The highest BCUT2D eigenvalue weighted by atomic mass is 79.9. The van der Waals surface area contributed by atoms with Crippen LogP contribution in [0.4, 0.5) is 0 Å². The van der Waals surface area contributed by atoms with Crippen LogP contribution >= 0.6 is 15.9 Å². The van der Waals surface area contributed by atoms with E-state index in [1.54, 1.807) is 10.8 Å². The summed E-state index contributed by atoms with van der Waals surface area (Å²) in [7, 11) is 0. The topological polar surface area (TPSA) is 34.9 Å². The zero-order valence-electron chi connectivity index (χ0n) is 11.5. The van der Waals surface area contributed by atoms with E-state index in [0.29, 0.717) is 11.2 Å². The maximum Gasteiger partial charge on any atom is 0.264 e. The van der Waals surface area contributed by atoms with Gasteiger partial charge in [0.15, 0.2) is 0 Å². The summed E-state index contributed by atoms with van der Waals surface area (Å²) in [5.74, 6) is 0.630. The van der Waals surface area contributed by atoms with Gasteiger partial charge in [-0.3, -0.25) is 9.36 Å². The summed E-state index contributed by atoms with van der Waals surface area (Å²) in [6.45, 7) is 0. The van der Waals surface area contributed by atoms with Gasteiger partial charge in [-0.15, -0.1) is 0 Å². The van der Waals surface area contributed by atoms with Crippen LogP contribution in [-0.4, -0.2) is 9.55 Å². The zero-order chi connectivity index (χ0) is 15.1. The lowest BCUT2D eigenvalue weighted by Crippen LogP contribution is -2.20. The van der Waals surface area contributed by atoms with E-state index >= 15 is 0 Å². The Balaban J connectivity index is 2.28. The molecule has 0 saturated carbocycles. The fourth-order valence-corrected chi connectivity index (χ4v) is 3.13. The molecule has 0 unspecified atom stereocenters. The van der Waals surface area contributed by atoms with E-state index in [2.05, 4.69) is 20.9 Å². The third-order valence-electron chi connectivity index (χ3n) is 3.73. The second kappa shape index (κ2) is 5.07. The van der Waals surface area contributed by atoms with Crippen molar-refractivity contribution >= 4 is 37.6 Å². The van der Waals surface area contributed by atoms with Crippen LogP contribution in [0.25, 0.3) is 27.5 Å². The van der Waals surface area contributed by atoms with Gasteiger partial charge < -0.3 is 0 Å². The van der Waals surface area contributed by atoms with E-state index in [1.165, 1.54) is 0 Å². The quantitative estimate of drug-likeness (QED) is 0.479. The molecule has 0 aliphatic rings. The Hall–Kier alpha value is -2.46. The molecular weight excluding hydrogens is 340 g/mol. The van der Waals surface area contributed by atoms with Gasteiger partial charge in [0.25, 0.3) is 5.56 Å². The smallest absolute Gasteiger partial charge is 0.264 e. The number of hydrogen-bond donors (Lipinski definition) is 0. The van der Waals surface area contributed by atoms with Crippen LogP contribution in [0.15, 0.2) is 76.1 Å². The maximum absolute atomic E-state index is 13.0. The third-order valence-corrected chi connectivity index (χ3v) is 4.22. The fraction of sp³-hybridized carbons (Fsp3) is 0. The van der Waals surface area contributed by atoms with Crippen molar-refractivity contribution in [3.63, 3.8) is 0 Å². The number of aromatic nitrogens is 2. The third kappa shape index (κ3) is 1.96. The van der Waals surface area contributed by atoms with Gasteiger partial charge in [0.05, 0.1) is 5.52 Å². The lowest BCUT2D eigenvalue weighted by molar-refractivity contribution is 0.997. The predicted molar refractivity (Wildman–Crippen MR) is 92.5 cm³/mol. The normalized spacial score (nSPS) is 11.1. The molecule has 0 fully saturated rings. The minimum atomic E-state index is -0.0614. The minimum absolute atomic E-state index is 0.0614. The van der Waals surface area contributed by atoms with Crippen LogP contribution in [0.5, 0.6) is 0 Å². The van der Waals surface area contributed by atoms with Crippen molar-refractivity contribution in [2.45, 2.75) is 0 Å². The summed E-state index contributed by atoms with van der Waals surface area (Å²) < 4.78 is 2.56. The second-order valence-corrected chi connectivity index (χ2v) is 5.95. The number of para-hydroxylation sites is 1. The van der Waals surface area contributed by atoms with Crippen LogP contribution in [0.2, 0.25) is 0 Å². The highest BCUT2D eigenvalue weighted by molar-refractivity contribution is 9.10. The molecule has 4 rings (SSSR count). The van der Waals surface area contributed by atoms with E-state index in [1.807, 2.05) is 60.7 Å². The fourth-order valence-electron chi connectivity index (χ4n) is 2.77. The lowest BCUT2D eigenvalue weighted by Gasteiger charge is -2.12. The van der Waals surface area contributed by atoms with Gasteiger partial charge in [0.1, 0.15) is 5.82 Å². The molecule has 0 aliphatic carbocycles. The summed E-state index contributed by atoms with van der Waals surface area (Å²) in [5, 5.41) is 2.67. The molecule has 2 aromatic heterocycles. The Morgan fingerprint density at radius 2 is 1.68 bits per heavy atom. The van der Waals surface area contributed by atoms with Crippen LogP contribution in [0, 0.1) is 0 Å². The van der Waals surface area contributed by atoms with Crippen LogP contribution in [-0.2, 0) is 0 Å². The molecule has 0 aliphatic heterocycles. The molecule has 0 saturated heterocycles. The largest absolute Gasteiger partial charge is 0.268 e. The monoisotopic (exact) mass is 350 g/mol. The first-order valence-electron chi connectivity index (χ1n) is 6.90. The number of fused-ring (bicyclic) bond motifs is 3. The molecule has 4 aromatic rings. The van der Waals surface area contributed by atoms with Crippen molar-refractivity contribution in [1.29, 1.82) is 0 Å². The standard InChI is InChI=1S/C18H11BrN2O/c19-12-8-9-13-14-5-1-2-6-16(14)21(18(22)15(13)11-12)17-7-3-4-10-20-17/h1-11H. The van der Waals surface area contributed by atoms with E-state index in [4.69, 9.17) is 0 Å². The van der Waals surface area contributed by atoms with E-state index in [9.17, 15) is 4.79 Å². The lowest BCUT2D eigenvalue weighted by atomic mass is 10.1. The van der Waals surface area contributed by atoms with E-state index in [0.717, 1.165) is 20.8 Å².